The Labute approximate surface area is 163 Å². The molecule has 2 nitrogen and oxygen atoms in total. The number of benzene rings is 3. The van der Waals surface area contributed by atoms with Gasteiger partial charge < -0.3 is 9.80 Å². The van der Waals surface area contributed by atoms with E-state index >= 15 is 0 Å². The van der Waals surface area contributed by atoms with Gasteiger partial charge in [0.05, 0.1) is 18.0 Å². The lowest BCUT2D eigenvalue weighted by Gasteiger charge is -2.22. The first kappa shape index (κ1) is 17.7. The van der Waals surface area contributed by atoms with Gasteiger partial charge in [0.15, 0.2) is 0 Å². The minimum Gasteiger partial charge on any atom is -0.348 e. The fraction of sp³-hybridized carbons (Fsp3) is 0.280. The van der Waals surface area contributed by atoms with Gasteiger partial charge in [-0.15, -0.1) is 0 Å². The first-order chi connectivity index (χ1) is 13.2. The van der Waals surface area contributed by atoms with Gasteiger partial charge in [-0.3, -0.25) is 0 Å². The number of rotatable bonds is 6. The Morgan fingerprint density at radius 2 is 1.22 bits per heavy atom. The van der Waals surface area contributed by atoms with Crippen molar-refractivity contribution in [1.29, 1.82) is 0 Å². The molecule has 0 aliphatic carbocycles. The van der Waals surface area contributed by atoms with E-state index in [1.807, 2.05) is 0 Å². The summed E-state index contributed by atoms with van der Waals surface area (Å²) in [5.41, 5.74) is 6.83. The van der Waals surface area contributed by atoms with Crippen molar-refractivity contribution in [3.05, 3.63) is 95.6 Å². The Balaban J connectivity index is 1.52. The highest BCUT2D eigenvalue weighted by Crippen LogP contribution is 2.37. The number of hydrogen-bond donors (Lipinski definition) is 0. The molecule has 0 aromatic heterocycles. The SMILES string of the molecule is CCC(C)c1ccc(CN2CN(Cc3ccccc3)c3ccccc32)cc1. The normalized spacial score (nSPS) is 14.3. The molecule has 0 bridgehead atoms. The third-order valence-electron chi connectivity index (χ3n) is 5.66. The van der Waals surface area contributed by atoms with Crippen molar-refractivity contribution in [1.82, 2.24) is 0 Å². The van der Waals surface area contributed by atoms with E-state index in [9.17, 15) is 0 Å². The van der Waals surface area contributed by atoms with Crippen LogP contribution in [0.3, 0.4) is 0 Å². The second kappa shape index (κ2) is 7.87. The zero-order valence-corrected chi connectivity index (χ0v) is 16.3. The molecule has 0 radical (unpaired) electrons. The topological polar surface area (TPSA) is 6.48 Å². The second-order valence-electron chi connectivity index (χ2n) is 7.56. The average molecular weight is 357 g/mol. The van der Waals surface area contributed by atoms with E-state index in [0.29, 0.717) is 5.92 Å². The Morgan fingerprint density at radius 3 is 1.78 bits per heavy atom. The maximum absolute atomic E-state index is 2.48. The van der Waals surface area contributed by atoms with Gasteiger partial charge in [-0.25, -0.2) is 0 Å². The summed E-state index contributed by atoms with van der Waals surface area (Å²) in [5.74, 6) is 0.632. The van der Waals surface area contributed by atoms with E-state index in [1.165, 1.54) is 34.5 Å². The van der Waals surface area contributed by atoms with E-state index in [2.05, 4.69) is 103 Å². The molecule has 2 heteroatoms. The second-order valence-corrected chi connectivity index (χ2v) is 7.56. The van der Waals surface area contributed by atoms with Crippen LogP contribution in [-0.4, -0.2) is 6.67 Å². The number of hydrogen-bond acceptors (Lipinski definition) is 2. The van der Waals surface area contributed by atoms with Crippen molar-refractivity contribution in [2.24, 2.45) is 0 Å². The summed E-state index contributed by atoms with van der Waals surface area (Å²) in [5, 5.41) is 0. The molecule has 3 aromatic rings. The van der Waals surface area contributed by atoms with E-state index in [-0.39, 0.29) is 0 Å². The molecule has 27 heavy (non-hydrogen) atoms. The van der Waals surface area contributed by atoms with Crippen molar-refractivity contribution < 1.29 is 0 Å². The van der Waals surface area contributed by atoms with Crippen LogP contribution in [0.1, 0.15) is 42.9 Å². The van der Waals surface area contributed by atoms with Crippen molar-refractivity contribution in [2.45, 2.75) is 39.3 Å². The molecular weight excluding hydrogens is 328 g/mol. The first-order valence-corrected chi connectivity index (χ1v) is 9.96. The lowest BCUT2D eigenvalue weighted by molar-refractivity contribution is 0.731. The molecule has 3 aromatic carbocycles. The highest BCUT2D eigenvalue weighted by molar-refractivity contribution is 5.76. The maximum Gasteiger partial charge on any atom is 0.0911 e. The predicted molar refractivity (Wildman–Crippen MR) is 115 cm³/mol. The molecule has 1 aliphatic heterocycles. The van der Waals surface area contributed by atoms with Crippen LogP contribution in [0.5, 0.6) is 0 Å². The van der Waals surface area contributed by atoms with E-state index in [0.717, 1.165) is 19.8 Å². The Hall–Kier alpha value is -2.74. The number of para-hydroxylation sites is 2. The van der Waals surface area contributed by atoms with Crippen molar-refractivity contribution in [3.8, 4) is 0 Å². The summed E-state index contributed by atoms with van der Waals surface area (Å²) in [6.45, 7) is 7.37. The van der Waals surface area contributed by atoms with Crippen LogP contribution in [0.15, 0.2) is 78.9 Å². The first-order valence-electron chi connectivity index (χ1n) is 9.96. The molecule has 0 amide bonds. The molecule has 0 saturated heterocycles. The lowest BCUT2D eigenvalue weighted by atomic mass is 9.97. The van der Waals surface area contributed by atoms with Crippen molar-refractivity contribution >= 4 is 11.4 Å². The Bertz CT molecular complexity index is 870. The smallest absolute Gasteiger partial charge is 0.0911 e. The summed E-state index contributed by atoms with van der Waals surface area (Å²) < 4.78 is 0. The van der Waals surface area contributed by atoms with E-state index in [4.69, 9.17) is 0 Å². The highest BCUT2D eigenvalue weighted by atomic mass is 15.4. The average Bonchev–Trinajstić information content (AvgIpc) is 3.06. The zero-order chi connectivity index (χ0) is 18.6. The van der Waals surface area contributed by atoms with Crippen LogP contribution in [-0.2, 0) is 13.1 Å². The lowest BCUT2D eigenvalue weighted by Crippen LogP contribution is -2.30. The van der Waals surface area contributed by atoms with Gasteiger partial charge in [0, 0.05) is 13.1 Å². The van der Waals surface area contributed by atoms with Gasteiger partial charge >= 0.3 is 0 Å². The van der Waals surface area contributed by atoms with Gasteiger partial charge in [-0.05, 0) is 41.2 Å². The largest absolute Gasteiger partial charge is 0.348 e. The van der Waals surface area contributed by atoms with Crippen LogP contribution in [0.4, 0.5) is 11.4 Å². The molecule has 0 N–H and O–H groups in total. The summed E-state index contributed by atoms with van der Waals surface area (Å²) in [6.07, 6.45) is 1.19. The molecule has 1 unspecified atom stereocenters. The summed E-state index contributed by atoms with van der Waals surface area (Å²) in [4.78, 5) is 4.95. The molecule has 0 spiro atoms. The number of fused-ring (bicyclic) bond motifs is 1. The molecule has 0 saturated carbocycles. The van der Waals surface area contributed by atoms with Crippen LogP contribution < -0.4 is 9.80 Å². The summed E-state index contributed by atoms with van der Waals surface area (Å²) >= 11 is 0. The van der Waals surface area contributed by atoms with E-state index in [1.54, 1.807) is 0 Å². The molecule has 1 atom stereocenters. The Morgan fingerprint density at radius 1 is 0.704 bits per heavy atom. The summed E-state index contributed by atoms with van der Waals surface area (Å²) in [6, 6.07) is 28.7. The van der Waals surface area contributed by atoms with Gasteiger partial charge in [-0.2, -0.15) is 0 Å². The molecule has 0 fully saturated rings. The quantitative estimate of drug-likeness (QED) is 0.520. The standard InChI is InChI=1S/C25H28N2/c1-3-20(2)23-15-13-22(14-16-23)18-27-19-26(17-21-9-5-4-6-10-21)24-11-7-8-12-25(24)27/h4-16,20H,3,17-19H2,1-2H3. The third-order valence-corrected chi connectivity index (χ3v) is 5.66. The van der Waals surface area contributed by atoms with Crippen molar-refractivity contribution in [3.63, 3.8) is 0 Å². The predicted octanol–water partition coefficient (Wildman–Crippen LogP) is 6.18. The molecule has 4 rings (SSSR count). The van der Waals surface area contributed by atoms with Gasteiger partial charge in [-0.1, -0.05) is 80.6 Å². The van der Waals surface area contributed by atoms with E-state index < -0.39 is 0 Å². The van der Waals surface area contributed by atoms with Gasteiger partial charge in [0.25, 0.3) is 0 Å². The summed E-state index contributed by atoms with van der Waals surface area (Å²) in [7, 11) is 0. The number of anilines is 2. The highest BCUT2D eigenvalue weighted by Gasteiger charge is 2.25. The maximum atomic E-state index is 2.48. The fourth-order valence-electron chi connectivity index (χ4n) is 3.84. The monoisotopic (exact) mass is 356 g/mol. The minimum atomic E-state index is 0.632. The fourth-order valence-corrected chi connectivity index (χ4v) is 3.84. The van der Waals surface area contributed by atoms with Gasteiger partial charge in [0.2, 0.25) is 0 Å². The molecule has 1 aliphatic rings. The number of nitrogens with zero attached hydrogens (tertiary/aromatic N) is 2. The molecule has 138 valence electrons. The zero-order valence-electron chi connectivity index (χ0n) is 16.3. The van der Waals surface area contributed by atoms with Crippen molar-refractivity contribution in [2.75, 3.05) is 16.5 Å². The van der Waals surface area contributed by atoms with Gasteiger partial charge in [0.1, 0.15) is 0 Å². The molecule has 1 heterocycles. The van der Waals surface area contributed by atoms with Crippen LogP contribution in [0.25, 0.3) is 0 Å². The van der Waals surface area contributed by atoms with Crippen LogP contribution in [0.2, 0.25) is 0 Å². The third kappa shape index (κ3) is 3.85. The Kier molecular flexibility index (Phi) is 5.15. The minimum absolute atomic E-state index is 0.632. The van der Waals surface area contributed by atoms with Crippen LogP contribution >= 0.6 is 0 Å². The van der Waals surface area contributed by atoms with Crippen LogP contribution in [0, 0.1) is 0 Å². The molecular formula is C25H28N2.